The van der Waals surface area contributed by atoms with Crippen molar-refractivity contribution >= 4 is 21.6 Å². The SMILES string of the molecule is CN1CCCC1CCOc1nc(Br)cn2ccnc12. The molecule has 1 unspecified atom stereocenters. The van der Waals surface area contributed by atoms with Crippen LogP contribution in [0.5, 0.6) is 5.88 Å². The van der Waals surface area contributed by atoms with Crippen molar-refractivity contribution in [2.75, 3.05) is 20.2 Å². The van der Waals surface area contributed by atoms with E-state index in [-0.39, 0.29) is 0 Å². The highest BCUT2D eigenvalue weighted by molar-refractivity contribution is 9.10. The zero-order chi connectivity index (χ0) is 13.2. The van der Waals surface area contributed by atoms with Gasteiger partial charge in [-0.3, -0.25) is 4.40 Å². The Hall–Kier alpha value is -1.14. The van der Waals surface area contributed by atoms with E-state index in [2.05, 4.69) is 37.8 Å². The predicted molar refractivity (Wildman–Crippen MR) is 76.5 cm³/mol. The molecule has 1 atom stereocenters. The third-order valence-electron chi connectivity index (χ3n) is 3.68. The van der Waals surface area contributed by atoms with Gasteiger partial charge >= 0.3 is 0 Å². The Morgan fingerprint density at radius 1 is 1.53 bits per heavy atom. The normalized spacial score (nSPS) is 20.2. The quantitative estimate of drug-likeness (QED) is 0.865. The minimum Gasteiger partial charge on any atom is -0.475 e. The number of ether oxygens (including phenoxy) is 1. The maximum atomic E-state index is 5.82. The van der Waals surface area contributed by atoms with Gasteiger partial charge in [0.15, 0.2) is 0 Å². The number of fused-ring (bicyclic) bond motifs is 1. The van der Waals surface area contributed by atoms with Crippen molar-refractivity contribution in [1.29, 1.82) is 0 Å². The second-order valence-electron chi connectivity index (χ2n) is 4.94. The summed E-state index contributed by atoms with van der Waals surface area (Å²) in [6, 6.07) is 0.642. The fraction of sp³-hybridized carbons (Fsp3) is 0.538. The lowest BCUT2D eigenvalue weighted by atomic mass is 10.1. The van der Waals surface area contributed by atoms with Crippen LogP contribution in [0.3, 0.4) is 0 Å². The Balaban J connectivity index is 1.66. The molecule has 0 bridgehead atoms. The molecule has 5 nitrogen and oxygen atoms in total. The zero-order valence-corrected chi connectivity index (χ0v) is 12.5. The number of nitrogens with zero attached hydrogens (tertiary/aromatic N) is 4. The van der Waals surface area contributed by atoms with E-state index >= 15 is 0 Å². The molecule has 1 aliphatic heterocycles. The molecule has 3 heterocycles. The maximum absolute atomic E-state index is 5.82. The van der Waals surface area contributed by atoms with Crippen LogP contribution < -0.4 is 4.74 Å². The van der Waals surface area contributed by atoms with Crippen LogP contribution in [0, 0.1) is 0 Å². The summed E-state index contributed by atoms with van der Waals surface area (Å²) < 4.78 is 8.48. The van der Waals surface area contributed by atoms with Crippen LogP contribution in [0.4, 0.5) is 0 Å². The molecule has 2 aromatic rings. The average Bonchev–Trinajstić information content (AvgIpc) is 2.98. The molecular formula is C13H17BrN4O. The van der Waals surface area contributed by atoms with Gasteiger partial charge in [-0.1, -0.05) is 0 Å². The lowest BCUT2D eigenvalue weighted by Crippen LogP contribution is -2.26. The van der Waals surface area contributed by atoms with Gasteiger partial charge in [0.1, 0.15) is 4.60 Å². The van der Waals surface area contributed by atoms with Crippen LogP contribution in [-0.2, 0) is 0 Å². The smallest absolute Gasteiger partial charge is 0.259 e. The highest BCUT2D eigenvalue weighted by atomic mass is 79.9. The second-order valence-corrected chi connectivity index (χ2v) is 5.75. The molecule has 6 heteroatoms. The van der Waals surface area contributed by atoms with Crippen LogP contribution >= 0.6 is 15.9 Å². The number of hydrogen-bond donors (Lipinski definition) is 0. The van der Waals surface area contributed by atoms with Gasteiger partial charge in [0.25, 0.3) is 5.88 Å². The summed E-state index contributed by atoms with van der Waals surface area (Å²) in [6.45, 7) is 1.88. The average molecular weight is 325 g/mol. The number of halogens is 1. The molecule has 0 radical (unpaired) electrons. The van der Waals surface area contributed by atoms with Crippen LogP contribution in [0.15, 0.2) is 23.2 Å². The third kappa shape index (κ3) is 2.74. The number of hydrogen-bond acceptors (Lipinski definition) is 4. The van der Waals surface area contributed by atoms with Crippen molar-refractivity contribution in [2.24, 2.45) is 0 Å². The molecule has 0 saturated carbocycles. The van der Waals surface area contributed by atoms with E-state index in [0.717, 1.165) is 16.7 Å². The number of likely N-dealkylation sites (tertiary alicyclic amines) is 1. The molecule has 19 heavy (non-hydrogen) atoms. The van der Waals surface area contributed by atoms with Gasteiger partial charge < -0.3 is 9.64 Å². The molecule has 0 N–H and O–H groups in total. The highest BCUT2D eigenvalue weighted by Crippen LogP contribution is 2.21. The summed E-state index contributed by atoms with van der Waals surface area (Å²) in [5.41, 5.74) is 0.767. The lowest BCUT2D eigenvalue weighted by molar-refractivity contribution is 0.229. The first-order valence-corrected chi connectivity index (χ1v) is 7.35. The molecule has 102 valence electrons. The Morgan fingerprint density at radius 3 is 3.21 bits per heavy atom. The second kappa shape index (κ2) is 5.46. The van der Waals surface area contributed by atoms with Crippen molar-refractivity contribution in [3.63, 3.8) is 0 Å². The molecule has 3 rings (SSSR count). The number of rotatable bonds is 4. The van der Waals surface area contributed by atoms with Crippen molar-refractivity contribution in [1.82, 2.24) is 19.3 Å². The van der Waals surface area contributed by atoms with Crippen LogP contribution in [0.25, 0.3) is 5.65 Å². The zero-order valence-electron chi connectivity index (χ0n) is 10.9. The van der Waals surface area contributed by atoms with Gasteiger partial charge in [0.2, 0.25) is 5.65 Å². The van der Waals surface area contributed by atoms with E-state index in [1.54, 1.807) is 6.20 Å². The Labute approximate surface area is 120 Å². The Bertz CT molecular complexity index is 571. The summed E-state index contributed by atoms with van der Waals surface area (Å²) in [4.78, 5) is 11.0. The minimum absolute atomic E-state index is 0.597. The van der Waals surface area contributed by atoms with Crippen molar-refractivity contribution < 1.29 is 4.74 Å². The molecular weight excluding hydrogens is 308 g/mol. The summed E-state index contributed by atoms with van der Waals surface area (Å²) in [7, 11) is 2.18. The van der Waals surface area contributed by atoms with Crippen LogP contribution in [0.1, 0.15) is 19.3 Å². The number of aromatic nitrogens is 3. The van der Waals surface area contributed by atoms with Gasteiger partial charge in [0.05, 0.1) is 6.61 Å². The standard InChI is InChI=1S/C13H17BrN4O/c1-17-6-2-3-10(17)4-8-19-13-12-15-5-7-18(12)9-11(14)16-13/h5,7,9-10H,2-4,6,8H2,1H3. The molecule has 0 aromatic carbocycles. The Kier molecular flexibility index (Phi) is 3.70. The van der Waals surface area contributed by atoms with Crippen molar-refractivity contribution in [3.05, 3.63) is 23.2 Å². The van der Waals surface area contributed by atoms with E-state index in [1.807, 2.05) is 16.8 Å². The molecule has 0 aliphatic carbocycles. The van der Waals surface area contributed by atoms with E-state index in [4.69, 9.17) is 4.74 Å². The molecule has 1 aliphatic rings. The first-order valence-electron chi connectivity index (χ1n) is 6.56. The molecule has 0 amide bonds. The topological polar surface area (TPSA) is 42.7 Å². The van der Waals surface area contributed by atoms with Crippen LogP contribution in [-0.4, -0.2) is 45.5 Å². The summed E-state index contributed by atoms with van der Waals surface area (Å²) in [6.07, 6.45) is 9.11. The van der Waals surface area contributed by atoms with E-state index in [1.165, 1.54) is 19.4 Å². The molecule has 0 spiro atoms. The summed E-state index contributed by atoms with van der Waals surface area (Å²) in [5, 5.41) is 0. The van der Waals surface area contributed by atoms with Crippen LogP contribution in [0.2, 0.25) is 0 Å². The van der Waals surface area contributed by atoms with Gasteiger partial charge in [0, 0.05) is 24.6 Å². The van der Waals surface area contributed by atoms with Gasteiger partial charge in [-0.05, 0) is 48.8 Å². The van der Waals surface area contributed by atoms with E-state index in [0.29, 0.717) is 18.5 Å². The molecule has 1 saturated heterocycles. The molecule has 2 aromatic heterocycles. The molecule has 1 fully saturated rings. The first kappa shape index (κ1) is 12.9. The minimum atomic E-state index is 0.597. The monoisotopic (exact) mass is 324 g/mol. The third-order valence-corrected chi connectivity index (χ3v) is 4.06. The first-order chi connectivity index (χ1) is 9.24. The van der Waals surface area contributed by atoms with Crippen molar-refractivity contribution in [2.45, 2.75) is 25.3 Å². The summed E-state index contributed by atoms with van der Waals surface area (Å²) in [5.74, 6) is 0.597. The van der Waals surface area contributed by atoms with Crippen molar-refractivity contribution in [3.8, 4) is 5.88 Å². The largest absolute Gasteiger partial charge is 0.475 e. The van der Waals surface area contributed by atoms with E-state index in [9.17, 15) is 0 Å². The number of imidazole rings is 1. The lowest BCUT2D eigenvalue weighted by Gasteiger charge is -2.19. The highest BCUT2D eigenvalue weighted by Gasteiger charge is 2.20. The van der Waals surface area contributed by atoms with Gasteiger partial charge in [-0.25, -0.2) is 9.97 Å². The summed E-state index contributed by atoms with van der Waals surface area (Å²) >= 11 is 3.39. The van der Waals surface area contributed by atoms with Gasteiger partial charge in [-0.15, -0.1) is 0 Å². The fourth-order valence-corrected chi connectivity index (χ4v) is 2.99. The van der Waals surface area contributed by atoms with E-state index < -0.39 is 0 Å². The van der Waals surface area contributed by atoms with Gasteiger partial charge in [-0.2, -0.15) is 0 Å². The Morgan fingerprint density at radius 2 is 2.42 bits per heavy atom. The fourth-order valence-electron chi connectivity index (χ4n) is 2.61. The predicted octanol–water partition coefficient (Wildman–Crippen LogP) is 2.35. The maximum Gasteiger partial charge on any atom is 0.259 e.